The molecule has 2 aromatic rings. The number of methoxy groups -OCH3 is 1. The van der Waals surface area contributed by atoms with E-state index in [1.807, 2.05) is 31.2 Å². The highest BCUT2D eigenvalue weighted by Crippen LogP contribution is 2.23. The Kier molecular flexibility index (Phi) is 5.23. The molecule has 0 aliphatic heterocycles. The van der Waals surface area contributed by atoms with Gasteiger partial charge in [0.05, 0.1) is 7.11 Å². The van der Waals surface area contributed by atoms with E-state index in [0.717, 1.165) is 11.1 Å². The van der Waals surface area contributed by atoms with Crippen molar-refractivity contribution in [2.45, 2.75) is 12.8 Å². The van der Waals surface area contributed by atoms with Crippen LogP contribution in [0, 0.1) is 6.92 Å². The fourth-order valence-electron chi connectivity index (χ4n) is 2.12. The molecule has 4 heteroatoms. The topological polar surface area (TPSA) is 35.5 Å². The van der Waals surface area contributed by atoms with Gasteiger partial charge in [0.15, 0.2) is 0 Å². The van der Waals surface area contributed by atoms with Crippen molar-refractivity contribution in [3.05, 3.63) is 64.7 Å². The van der Waals surface area contributed by atoms with Gasteiger partial charge in [0.1, 0.15) is 18.3 Å². The molecule has 110 valence electrons. The second kappa shape index (κ2) is 7.14. The van der Waals surface area contributed by atoms with E-state index in [0.29, 0.717) is 10.8 Å². The summed E-state index contributed by atoms with van der Waals surface area (Å²) in [6.45, 7) is 2.19. The van der Waals surface area contributed by atoms with Crippen LogP contribution in [-0.2, 0) is 9.53 Å². The highest BCUT2D eigenvalue weighted by molar-refractivity contribution is 6.30. The van der Waals surface area contributed by atoms with Crippen molar-refractivity contribution in [3.8, 4) is 5.75 Å². The normalized spacial score (nSPS) is 11.8. The highest BCUT2D eigenvalue weighted by Gasteiger charge is 2.23. The summed E-state index contributed by atoms with van der Waals surface area (Å²) in [5, 5.41) is 0.644. The first kappa shape index (κ1) is 15.4. The predicted octanol–water partition coefficient (Wildman–Crippen LogP) is 3.98. The lowest BCUT2D eigenvalue weighted by Gasteiger charge is -2.18. The van der Waals surface area contributed by atoms with E-state index < -0.39 is 5.92 Å². The van der Waals surface area contributed by atoms with Crippen molar-refractivity contribution >= 4 is 17.6 Å². The fraction of sp³-hybridized carbons (Fsp3) is 0.235. The van der Waals surface area contributed by atoms with Crippen molar-refractivity contribution in [1.82, 2.24) is 0 Å². The molecule has 2 aromatic carbocycles. The molecular weight excluding hydrogens is 288 g/mol. The monoisotopic (exact) mass is 304 g/mol. The Balaban J connectivity index is 2.16. The van der Waals surface area contributed by atoms with Gasteiger partial charge in [-0.05, 0) is 42.3 Å². The van der Waals surface area contributed by atoms with Crippen molar-refractivity contribution in [3.63, 3.8) is 0 Å². The smallest absolute Gasteiger partial charge is 0.316 e. The van der Waals surface area contributed by atoms with Gasteiger partial charge < -0.3 is 9.47 Å². The molecule has 0 radical (unpaired) electrons. The number of hydrogen-bond acceptors (Lipinski definition) is 3. The molecule has 0 fully saturated rings. The molecule has 0 bridgehead atoms. The van der Waals surface area contributed by atoms with Crippen LogP contribution in [0.3, 0.4) is 0 Å². The van der Waals surface area contributed by atoms with Gasteiger partial charge in [0.25, 0.3) is 0 Å². The molecule has 1 atom stereocenters. The van der Waals surface area contributed by atoms with Gasteiger partial charge in [0.2, 0.25) is 0 Å². The third-order valence-corrected chi connectivity index (χ3v) is 3.53. The average molecular weight is 305 g/mol. The Morgan fingerprint density at radius 3 is 2.43 bits per heavy atom. The van der Waals surface area contributed by atoms with Gasteiger partial charge in [-0.25, -0.2) is 0 Å². The van der Waals surface area contributed by atoms with Gasteiger partial charge in [-0.2, -0.15) is 0 Å². The summed E-state index contributed by atoms with van der Waals surface area (Å²) in [6.07, 6.45) is 0. The van der Waals surface area contributed by atoms with Crippen molar-refractivity contribution in [2.75, 3.05) is 13.7 Å². The number of aryl methyl sites for hydroxylation is 1. The maximum Gasteiger partial charge on any atom is 0.316 e. The second-order valence-electron chi connectivity index (χ2n) is 4.70. The standard InChI is InChI=1S/C17H17ClO3/c1-12-5-3-4-6-15(12)16(17(19)20-2)11-21-14-9-7-13(18)8-10-14/h3-10,16H,11H2,1-2H3. The van der Waals surface area contributed by atoms with Crippen LogP contribution in [0.4, 0.5) is 0 Å². The fourth-order valence-corrected chi connectivity index (χ4v) is 2.24. The number of hydrogen-bond donors (Lipinski definition) is 0. The summed E-state index contributed by atoms with van der Waals surface area (Å²) in [5.74, 6) is -0.0907. The van der Waals surface area contributed by atoms with E-state index in [4.69, 9.17) is 21.1 Å². The number of esters is 1. The molecule has 0 aromatic heterocycles. The molecule has 0 saturated carbocycles. The van der Waals surface area contributed by atoms with Crippen LogP contribution in [0.2, 0.25) is 5.02 Å². The van der Waals surface area contributed by atoms with Crippen molar-refractivity contribution in [1.29, 1.82) is 0 Å². The van der Waals surface area contributed by atoms with Crippen LogP contribution in [0.25, 0.3) is 0 Å². The predicted molar refractivity (Wildman–Crippen MR) is 82.9 cm³/mol. The summed E-state index contributed by atoms with van der Waals surface area (Å²) < 4.78 is 10.6. The third-order valence-electron chi connectivity index (χ3n) is 3.28. The van der Waals surface area contributed by atoms with E-state index in [2.05, 4.69) is 0 Å². The maximum absolute atomic E-state index is 12.0. The highest BCUT2D eigenvalue weighted by atomic mass is 35.5. The molecule has 2 rings (SSSR count). The van der Waals surface area contributed by atoms with Gasteiger partial charge in [0, 0.05) is 5.02 Å². The number of rotatable bonds is 5. The molecule has 1 unspecified atom stereocenters. The van der Waals surface area contributed by atoms with E-state index >= 15 is 0 Å². The molecule has 0 spiro atoms. The molecule has 21 heavy (non-hydrogen) atoms. The second-order valence-corrected chi connectivity index (χ2v) is 5.13. The summed E-state index contributed by atoms with van der Waals surface area (Å²) in [6, 6.07) is 14.8. The van der Waals surface area contributed by atoms with Gasteiger partial charge in [-0.1, -0.05) is 35.9 Å². The SMILES string of the molecule is COC(=O)C(COc1ccc(Cl)cc1)c1ccccc1C. The number of halogens is 1. The zero-order valence-corrected chi connectivity index (χ0v) is 12.8. The van der Waals surface area contributed by atoms with Crippen LogP contribution in [0.1, 0.15) is 17.0 Å². The minimum absolute atomic E-state index is 0.221. The molecule has 0 saturated heterocycles. The zero-order chi connectivity index (χ0) is 15.2. The molecule has 0 heterocycles. The number of carbonyl (C=O) groups excluding carboxylic acids is 1. The molecule has 0 aliphatic rings. The summed E-state index contributed by atoms with van der Waals surface area (Å²) in [5.41, 5.74) is 1.95. The molecule has 3 nitrogen and oxygen atoms in total. The lowest BCUT2D eigenvalue weighted by molar-refractivity contribution is -0.143. The third kappa shape index (κ3) is 3.99. The summed E-state index contributed by atoms with van der Waals surface area (Å²) >= 11 is 5.83. The van der Waals surface area contributed by atoms with Crippen molar-refractivity contribution < 1.29 is 14.3 Å². The molecule has 0 amide bonds. The maximum atomic E-state index is 12.0. The minimum Gasteiger partial charge on any atom is -0.492 e. The first-order chi connectivity index (χ1) is 10.1. The quantitative estimate of drug-likeness (QED) is 0.784. The van der Waals surface area contributed by atoms with Gasteiger partial charge in [-0.3, -0.25) is 4.79 Å². The lowest BCUT2D eigenvalue weighted by atomic mass is 9.95. The van der Waals surface area contributed by atoms with Gasteiger partial charge >= 0.3 is 5.97 Å². The van der Waals surface area contributed by atoms with Crippen molar-refractivity contribution in [2.24, 2.45) is 0 Å². The Labute approximate surface area is 129 Å². The Bertz CT molecular complexity index is 608. The molecule has 0 aliphatic carbocycles. The molecule has 0 N–H and O–H groups in total. The Hall–Kier alpha value is -2.00. The van der Waals surface area contributed by atoms with E-state index in [-0.39, 0.29) is 12.6 Å². The Morgan fingerprint density at radius 2 is 1.81 bits per heavy atom. The largest absolute Gasteiger partial charge is 0.492 e. The summed E-state index contributed by atoms with van der Waals surface area (Å²) in [7, 11) is 1.38. The van der Waals surface area contributed by atoms with Crippen LogP contribution < -0.4 is 4.74 Å². The number of ether oxygens (including phenoxy) is 2. The van der Waals surface area contributed by atoms with Gasteiger partial charge in [-0.15, -0.1) is 0 Å². The van der Waals surface area contributed by atoms with E-state index in [1.54, 1.807) is 24.3 Å². The number of carbonyl (C=O) groups is 1. The molecular formula is C17H17ClO3. The van der Waals surface area contributed by atoms with E-state index in [9.17, 15) is 4.79 Å². The van der Waals surface area contributed by atoms with E-state index in [1.165, 1.54) is 7.11 Å². The lowest BCUT2D eigenvalue weighted by Crippen LogP contribution is -2.22. The van der Waals surface area contributed by atoms with Crippen LogP contribution in [-0.4, -0.2) is 19.7 Å². The van der Waals surface area contributed by atoms with Crippen LogP contribution >= 0.6 is 11.6 Å². The van der Waals surface area contributed by atoms with Crippen LogP contribution in [0.15, 0.2) is 48.5 Å². The minimum atomic E-state index is -0.452. The Morgan fingerprint density at radius 1 is 1.14 bits per heavy atom. The first-order valence-corrected chi connectivity index (χ1v) is 7.01. The summed E-state index contributed by atoms with van der Waals surface area (Å²) in [4.78, 5) is 12.0. The average Bonchev–Trinajstić information content (AvgIpc) is 2.50. The van der Waals surface area contributed by atoms with Crippen LogP contribution in [0.5, 0.6) is 5.75 Å². The first-order valence-electron chi connectivity index (χ1n) is 6.63. The number of benzene rings is 2. The zero-order valence-electron chi connectivity index (χ0n) is 12.0.